The van der Waals surface area contributed by atoms with Gasteiger partial charge in [-0.2, -0.15) is 0 Å². The van der Waals surface area contributed by atoms with Crippen molar-refractivity contribution in [1.82, 2.24) is 0 Å². The summed E-state index contributed by atoms with van der Waals surface area (Å²) in [6, 6.07) is 25.8. The lowest BCUT2D eigenvalue weighted by molar-refractivity contribution is -0.159. The Bertz CT molecular complexity index is 1030. The van der Waals surface area contributed by atoms with Crippen molar-refractivity contribution in [2.75, 3.05) is 0 Å². The van der Waals surface area contributed by atoms with Crippen LogP contribution in [0.15, 0.2) is 78.9 Å². The van der Waals surface area contributed by atoms with Gasteiger partial charge in [-0.25, -0.2) is 0 Å². The zero-order valence-corrected chi connectivity index (χ0v) is 18.5. The molecule has 1 aliphatic carbocycles. The average molecular weight is 434 g/mol. The summed E-state index contributed by atoms with van der Waals surface area (Å²) >= 11 is 6.72. The predicted molar refractivity (Wildman–Crippen MR) is 125 cm³/mol. The van der Waals surface area contributed by atoms with Gasteiger partial charge < -0.3 is 10.5 Å². The van der Waals surface area contributed by atoms with Crippen molar-refractivity contribution >= 4 is 17.6 Å². The van der Waals surface area contributed by atoms with Crippen LogP contribution in [0.3, 0.4) is 0 Å². The number of carbonyl (C=O) groups is 1. The molecule has 3 aromatic carbocycles. The van der Waals surface area contributed by atoms with Crippen molar-refractivity contribution in [1.29, 1.82) is 0 Å². The number of halogens is 1. The fourth-order valence-electron chi connectivity index (χ4n) is 4.45. The minimum absolute atomic E-state index is 0.157. The standard InChI is InChI=1S/C27H28ClNO2/c1-19-11-15-22(16-12-19)27(21-7-3-2-4-8-21,24-9-5-6-10-25(24)28)31-26(30)20-13-17-23(29)18-14-20/h2-12,15-16,20,23H,13-14,17-18,29H2,1H3. The van der Waals surface area contributed by atoms with Crippen molar-refractivity contribution in [2.45, 2.75) is 44.2 Å². The van der Waals surface area contributed by atoms with Crippen LogP contribution in [0.2, 0.25) is 5.02 Å². The smallest absolute Gasteiger partial charge is 0.310 e. The highest BCUT2D eigenvalue weighted by atomic mass is 35.5. The largest absolute Gasteiger partial charge is 0.444 e. The molecule has 4 rings (SSSR count). The molecule has 3 aromatic rings. The number of hydrogen-bond acceptors (Lipinski definition) is 3. The molecular formula is C27H28ClNO2. The van der Waals surface area contributed by atoms with Crippen LogP contribution < -0.4 is 5.73 Å². The molecular weight excluding hydrogens is 406 g/mol. The van der Waals surface area contributed by atoms with Crippen molar-refractivity contribution in [3.8, 4) is 0 Å². The summed E-state index contributed by atoms with van der Waals surface area (Å²) in [6.07, 6.45) is 3.19. The van der Waals surface area contributed by atoms with Gasteiger partial charge in [-0.15, -0.1) is 0 Å². The molecule has 1 fully saturated rings. The minimum atomic E-state index is -1.13. The minimum Gasteiger partial charge on any atom is -0.444 e. The van der Waals surface area contributed by atoms with E-state index in [0.29, 0.717) is 5.02 Å². The Morgan fingerprint density at radius 3 is 2.10 bits per heavy atom. The first-order chi connectivity index (χ1) is 15.0. The summed E-state index contributed by atoms with van der Waals surface area (Å²) in [4.78, 5) is 13.5. The lowest BCUT2D eigenvalue weighted by Crippen LogP contribution is -2.39. The van der Waals surface area contributed by atoms with Crippen LogP contribution in [0, 0.1) is 12.8 Å². The Hall–Kier alpha value is -2.62. The Labute approximate surface area is 189 Å². The first-order valence-corrected chi connectivity index (χ1v) is 11.2. The molecule has 4 heteroatoms. The van der Waals surface area contributed by atoms with E-state index in [0.717, 1.165) is 47.9 Å². The summed E-state index contributed by atoms with van der Waals surface area (Å²) in [5.74, 6) is -0.355. The predicted octanol–water partition coefficient (Wildman–Crippen LogP) is 6.00. The maximum Gasteiger partial charge on any atom is 0.310 e. The Balaban J connectivity index is 1.88. The Kier molecular flexibility index (Phi) is 6.45. The molecule has 0 bridgehead atoms. The number of hydrogen-bond donors (Lipinski definition) is 1. The molecule has 2 N–H and O–H groups in total. The number of benzene rings is 3. The zero-order chi connectivity index (χ0) is 21.8. The molecule has 0 spiro atoms. The molecule has 0 saturated heterocycles. The van der Waals surface area contributed by atoms with Crippen LogP contribution >= 0.6 is 11.6 Å². The summed E-state index contributed by atoms with van der Waals surface area (Å²) in [5.41, 5.74) is 8.56. The lowest BCUT2D eigenvalue weighted by Gasteiger charge is -2.37. The second-order valence-electron chi connectivity index (χ2n) is 8.43. The van der Waals surface area contributed by atoms with Crippen LogP contribution in [0.5, 0.6) is 0 Å². The summed E-state index contributed by atoms with van der Waals surface area (Å²) in [5, 5.41) is 0.561. The average Bonchev–Trinajstić information content (AvgIpc) is 2.79. The second kappa shape index (κ2) is 9.25. The normalized spacial score (nSPS) is 20.6. The van der Waals surface area contributed by atoms with Gasteiger partial charge in [-0.05, 0) is 38.7 Å². The molecule has 0 radical (unpaired) electrons. The van der Waals surface area contributed by atoms with Gasteiger partial charge in [0.1, 0.15) is 0 Å². The second-order valence-corrected chi connectivity index (χ2v) is 8.83. The first-order valence-electron chi connectivity index (χ1n) is 10.9. The molecule has 3 nitrogen and oxygen atoms in total. The molecule has 160 valence electrons. The van der Waals surface area contributed by atoms with E-state index in [1.165, 1.54) is 0 Å². The van der Waals surface area contributed by atoms with Crippen molar-refractivity contribution < 1.29 is 9.53 Å². The van der Waals surface area contributed by atoms with Gasteiger partial charge in [0.15, 0.2) is 5.60 Å². The molecule has 0 aromatic heterocycles. The van der Waals surface area contributed by atoms with E-state index in [-0.39, 0.29) is 17.9 Å². The third kappa shape index (κ3) is 4.39. The zero-order valence-electron chi connectivity index (χ0n) is 17.8. The monoisotopic (exact) mass is 433 g/mol. The highest BCUT2D eigenvalue weighted by molar-refractivity contribution is 6.31. The van der Waals surface area contributed by atoms with Crippen LogP contribution in [0.4, 0.5) is 0 Å². The summed E-state index contributed by atoms with van der Waals surface area (Å²) < 4.78 is 6.53. The number of rotatable bonds is 5. The topological polar surface area (TPSA) is 52.3 Å². The van der Waals surface area contributed by atoms with Gasteiger partial charge >= 0.3 is 5.97 Å². The molecule has 1 unspecified atom stereocenters. The van der Waals surface area contributed by atoms with Crippen LogP contribution in [0.1, 0.15) is 47.9 Å². The summed E-state index contributed by atoms with van der Waals surface area (Å²) in [6.45, 7) is 2.04. The van der Waals surface area contributed by atoms with E-state index < -0.39 is 5.60 Å². The maximum absolute atomic E-state index is 13.5. The van der Waals surface area contributed by atoms with Gasteiger partial charge in [0, 0.05) is 27.8 Å². The fourth-order valence-corrected chi connectivity index (χ4v) is 4.72. The molecule has 0 aliphatic heterocycles. The van der Waals surface area contributed by atoms with Crippen molar-refractivity contribution in [3.05, 3.63) is 106 Å². The first kappa shape index (κ1) is 21.6. The van der Waals surface area contributed by atoms with E-state index >= 15 is 0 Å². The van der Waals surface area contributed by atoms with Gasteiger partial charge in [-0.3, -0.25) is 4.79 Å². The maximum atomic E-state index is 13.5. The van der Waals surface area contributed by atoms with Gasteiger partial charge in [-0.1, -0.05) is 90.0 Å². The van der Waals surface area contributed by atoms with E-state index in [1.54, 1.807) is 0 Å². The van der Waals surface area contributed by atoms with Gasteiger partial charge in [0.25, 0.3) is 0 Å². The van der Waals surface area contributed by atoms with Crippen LogP contribution in [-0.4, -0.2) is 12.0 Å². The molecule has 0 heterocycles. The number of carbonyl (C=O) groups excluding carboxylic acids is 1. The van der Waals surface area contributed by atoms with E-state index in [1.807, 2.05) is 85.8 Å². The third-order valence-corrected chi connectivity index (χ3v) is 6.58. The van der Waals surface area contributed by atoms with Crippen molar-refractivity contribution in [2.24, 2.45) is 11.7 Å². The Morgan fingerprint density at radius 1 is 0.871 bits per heavy atom. The van der Waals surface area contributed by atoms with Crippen molar-refractivity contribution in [3.63, 3.8) is 0 Å². The lowest BCUT2D eigenvalue weighted by atomic mass is 9.79. The van der Waals surface area contributed by atoms with E-state index in [4.69, 9.17) is 22.1 Å². The number of ether oxygens (including phenoxy) is 1. The number of esters is 1. The fraction of sp³-hybridized carbons (Fsp3) is 0.296. The highest BCUT2D eigenvalue weighted by Gasteiger charge is 2.43. The van der Waals surface area contributed by atoms with E-state index in [2.05, 4.69) is 0 Å². The van der Waals surface area contributed by atoms with Gasteiger partial charge in [0.05, 0.1) is 5.92 Å². The van der Waals surface area contributed by atoms with Gasteiger partial charge in [0.2, 0.25) is 0 Å². The summed E-state index contributed by atoms with van der Waals surface area (Å²) in [7, 11) is 0. The molecule has 1 atom stereocenters. The molecule has 1 aliphatic rings. The third-order valence-electron chi connectivity index (χ3n) is 6.25. The highest BCUT2D eigenvalue weighted by Crippen LogP contribution is 2.44. The van der Waals surface area contributed by atoms with Crippen LogP contribution in [0.25, 0.3) is 0 Å². The van der Waals surface area contributed by atoms with E-state index in [9.17, 15) is 4.79 Å². The SMILES string of the molecule is Cc1ccc(C(OC(=O)C2CCC(N)CC2)(c2ccccc2)c2ccccc2Cl)cc1. The number of nitrogens with two attached hydrogens (primary N) is 1. The molecule has 1 saturated carbocycles. The molecule has 0 amide bonds. The molecule has 31 heavy (non-hydrogen) atoms. The quantitative estimate of drug-likeness (QED) is 0.396. The van der Waals surface area contributed by atoms with Crippen LogP contribution in [-0.2, 0) is 15.1 Å². The Morgan fingerprint density at radius 2 is 1.45 bits per heavy atom. The number of aryl methyl sites for hydroxylation is 1.